The van der Waals surface area contributed by atoms with Crippen LogP contribution in [-0.2, 0) is 0 Å². The molecule has 0 saturated carbocycles. The van der Waals surface area contributed by atoms with Crippen LogP contribution in [0, 0.1) is 5.82 Å². The SMILES string of the molecule is CN1N=C(c2ccc(O)cc2)CC1c1ccccc1F. The van der Waals surface area contributed by atoms with Crippen LogP contribution in [0.15, 0.2) is 53.6 Å². The number of halogens is 1. The molecule has 1 heterocycles. The van der Waals surface area contributed by atoms with E-state index >= 15 is 0 Å². The molecule has 0 fully saturated rings. The summed E-state index contributed by atoms with van der Waals surface area (Å²) in [4.78, 5) is 0. The van der Waals surface area contributed by atoms with Crippen molar-refractivity contribution in [3.05, 3.63) is 65.5 Å². The quantitative estimate of drug-likeness (QED) is 0.908. The van der Waals surface area contributed by atoms with E-state index in [0.29, 0.717) is 12.0 Å². The maximum absolute atomic E-state index is 13.9. The zero-order valence-corrected chi connectivity index (χ0v) is 11.1. The average Bonchev–Trinajstić information content (AvgIpc) is 2.82. The van der Waals surface area contributed by atoms with Gasteiger partial charge in [-0.05, 0) is 35.9 Å². The molecule has 2 aromatic carbocycles. The number of phenols is 1. The van der Waals surface area contributed by atoms with Gasteiger partial charge in [0.15, 0.2) is 0 Å². The summed E-state index contributed by atoms with van der Waals surface area (Å²) in [6.07, 6.45) is 0.655. The third-order valence-electron chi connectivity index (χ3n) is 3.58. The van der Waals surface area contributed by atoms with Gasteiger partial charge in [0.1, 0.15) is 11.6 Å². The van der Waals surface area contributed by atoms with Crippen molar-refractivity contribution < 1.29 is 9.50 Å². The van der Waals surface area contributed by atoms with Crippen LogP contribution >= 0.6 is 0 Å². The number of hydrogen-bond acceptors (Lipinski definition) is 3. The summed E-state index contributed by atoms with van der Waals surface area (Å²) in [5.74, 6) is 0.0258. The maximum Gasteiger partial charge on any atom is 0.128 e. The molecule has 1 aliphatic rings. The molecule has 3 nitrogen and oxygen atoms in total. The number of benzene rings is 2. The second-order valence-corrected chi connectivity index (χ2v) is 4.91. The lowest BCUT2D eigenvalue weighted by molar-refractivity contribution is 0.283. The number of rotatable bonds is 2. The highest BCUT2D eigenvalue weighted by Gasteiger charge is 2.27. The Morgan fingerprint density at radius 1 is 1.15 bits per heavy atom. The van der Waals surface area contributed by atoms with Crippen molar-refractivity contribution in [2.24, 2.45) is 5.10 Å². The van der Waals surface area contributed by atoms with E-state index in [4.69, 9.17) is 0 Å². The molecule has 0 aromatic heterocycles. The largest absolute Gasteiger partial charge is 0.508 e. The zero-order valence-electron chi connectivity index (χ0n) is 11.1. The van der Waals surface area contributed by atoms with Crippen molar-refractivity contribution in [1.29, 1.82) is 0 Å². The minimum atomic E-state index is -0.202. The van der Waals surface area contributed by atoms with Gasteiger partial charge in [0.2, 0.25) is 0 Å². The molecule has 1 unspecified atom stereocenters. The zero-order chi connectivity index (χ0) is 14.1. The minimum Gasteiger partial charge on any atom is -0.508 e. The molecule has 102 valence electrons. The van der Waals surface area contributed by atoms with Crippen LogP contribution in [0.4, 0.5) is 4.39 Å². The first kappa shape index (κ1) is 12.7. The molecule has 0 amide bonds. The fourth-order valence-corrected chi connectivity index (χ4v) is 2.50. The number of phenolic OH excluding ortho intramolecular Hbond substituents is 1. The van der Waals surface area contributed by atoms with Gasteiger partial charge in [0, 0.05) is 19.0 Å². The van der Waals surface area contributed by atoms with Crippen molar-refractivity contribution in [1.82, 2.24) is 5.01 Å². The van der Waals surface area contributed by atoms with Crippen molar-refractivity contribution >= 4 is 5.71 Å². The Kier molecular flexibility index (Phi) is 3.14. The van der Waals surface area contributed by atoms with Crippen molar-refractivity contribution in [2.75, 3.05) is 7.05 Å². The molecule has 0 spiro atoms. The summed E-state index contributed by atoms with van der Waals surface area (Å²) in [6.45, 7) is 0. The Bertz CT molecular complexity index is 652. The standard InChI is InChI=1S/C16H15FN2O/c1-19-16(13-4-2-3-5-14(13)17)10-15(18-19)11-6-8-12(20)9-7-11/h2-9,16,20H,10H2,1H3. The summed E-state index contributed by atoms with van der Waals surface area (Å²) >= 11 is 0. The third-order valence-corrected chi connectivity index (χ3v) is 3.58. The molecule has 2 aromatic rings. The van der Waals surface area contributed by atoms with E-state index in [1.165, 1.54) is 6.07 Å². The number of hydrazone groups is 1. The van der Waals surface area contributed by atoms with E-state index in [9.17, 15) is 9.50 Å². The van der Waals surface area contributed by atoms with E-state index in [2.05, 4.69) is 5.10 Å². The second kappa shape index (κ2) is 4.96. The Balaban J connectivity index is 1.87. The Morgan fingerprint density at radius 2 is 1.85 bits per heavy atom. The highest BCUT2D eigenvalue weighted by Crippen LogP contribution is 2.32. The molecule has 0 saturated heterocycles. The Labute approximate surface area is 117 Å². The van der Waals surface area contributed by atoms with Gasteiger partial charge in [-0.1, -0.05) is 18.2 Å². The van der Waals surface area contributed by atoms with E-state index in [-0.39, 0.29) is 17.6 Å². The predicted molar refractivity (Wildman–Crippen MR) is 76.2 cm³/mol. The topological polar surface area (TPSA) is 35.8 Å². The third kappa shape index (κ3) is 2.25. The summed E-state index contributed by atoms with van der Waals surface area (Å²) in [5.41, 5.74) is 2.52. The van der Waals surface area contributed by atoms with Gasteiger partial charge >= 0.3 is 0 Å². The molecule has 1 N–H and O–H groups in total. The fourth-order valence-electron chi connectivity index (χ4n) is 2.50. The first-order valence-electron chi connectivity index (χ1n) is 6.49. The number of hydrogen-bond donors (Lipinski definition) is 1. The molecule has 0 radical (unpaired) electrons. The van der Waals surface area contributed by atoms with Crippen LogP contribution < -0.4 is 0 Å². The summed E-state index contributed by atoms with van der Waals surface area (Å²) in [7, 11) is 1.85. The van der Waals surface area contributed by atoms with E-state index in [1.54, 1.807) is 29.3 Å². The average molecular weight is 270 g/mol. The van der Waals surface area contributed by atoms with Crippen molar-refractivity contribution in [3.8, 4) is 5.75 Å². The van der Waals surface area contributed by atoms with Crippen LogP contribution in [0.25, 0.3) is 0 Å². The monoisotopic (exact) mass is 270 g/mol. The fraction of sp³-hybridized carbons (Fsp3) is 0.188. The Hall–Kier alpha value is -2.36. The first-order chi connectivity index (χ1) is 9.65. The van der Waals surface area contributed by atoms with Gasteiger partial charge in [-0.15, -0.1) is 0 Å². The van der Waals surface area contributed by atoms with Crippen LogP contribution in [0.5, 0.6) is 5.75 Å². The second-order valence-electron chi connectivity index (χ2n) is 4.91. The number of aromatic hydroxyl groups is 1. The van der Waals surface area contributed by atoms with E-state index in [0.717, 1.165) is 11.3 Å². The molecule has 0 aliphatic carbocycles. The Morgan fingerprint density at radius 3 is 2.55 bits per heavy atom. The highest BCUT2D eigenvalue weighted by molar-refractivity contribution is 6.01. The first-order valence-corrected chi connectivity index (χ1v) is 6.49. The predicted octanol–water partition coefficient (Wildman–Crippen LogP) is 3.31. The molecular formula is C16H15FN2O. The van der Waals surface area contributed by atoms with E-state index < -0.39 is 0 Å². The van der Waals surface area contributed by atoms with Gasteiger partial charge in [0.25, 0.3) is 0 Å². The summed E-state index contributed by atoms with van der Waals surface area (Å²) in [5, 5.41) is 15.6. The highest BCUT2D eigenvalue weighted by atomic mass is 19.1. The molecule has 4 heteroatoms. The lowest BCUT2D eigenvalue weighted by Gasteiger charge is -2.19. The van der Waals surface area contributed by atoms with Gasteiger partial charge < -0.3 is 5.11 Å². The molecule has 20 heavy (non-hydrogen) atoms. The molecular weight excluding hydrogens is 255 g/mol. The van der Waals surface area contributed by atoms with Crippen LogP contribution in [0.3, 0.4) is 0 Å². The van der Waals surface area contributed by atoms with Crippen LogP contribution in [-0.4, -0.2) is 22.9 Å². The van der Waals surface area contributed by atoms with E-state index in [1.807, 2.05) is 25.2 Å². The summed E-state index contributed by atoms with van der Waals surface area (Å²) < 4.78 is 13.9. The normalized spacial score (nSPS) is 18.2. The minimum absolute atomic E-state index is 0.0833. The van der Waals surface area contributed by atoms with Crippen LogP contribution in [0.1, 0.15) is 23.6 Å². The van der Waals surface area contributed by atoms with Crippen molar-refractivity contribution in [3.63, 3.8) is 0 Å². The maximum atomic E-state index is 13.9. The smallest absolute Gasteiger partial charge is 0.128 e. The van der Waals surface area contributed by atoms with Crippen LogP contribution in [0.2, 0.25) is 0 Å². The summed E-state index contributed by atoms with van der Waals surface area (Å²) in [6, 6.07) is 13.6. The lowest BCUT2D eigenvalue weighted by atomic mass is 9.98. The van der Waals surface area contributed by atoms with Gasteiger partial charge in [-0.2, -0.15) is 5.10 Å². The molecule has 1 atom stereocenters. The lowest BCUT2D eigenvalue weighted by Crippen LogP contribution is -2.15. The molecule has 3 rings (SSSR count). The molecule has 0 bridgehead atoms. The number of nitrogens with zero attached hydrogens (tertiary/aromatic N) is 2. The van der Waals surface area contributed by atoms with Gasteiger partial charge in [0.05, 0.1) is 11.8 Å². The van der Waals surface area contributed by atoms with Crippen molar-refractivity contribution in [2.45, 2.75) is 12.5 Å². The van der Waals surface area contributed by atoms with Gasteiger partial charge in [-0.3, -0.25) is 5.01 Å². The van der Waals surface area contributed by atoms with Gasteiger partial charge in [-0.25, -0.2) is 4.39 Å². The molecule has 1 aliphatic heterocycles.